The minimum Gasteiger partial charge on any atom is -0.387 e. The van der Waals surface area contributed by atoms with Crippen LogP contribution in [0, 0.1) is 6.92 Å². The maximum Gasteiger partial charge on any atom is 0.255 e. The molecule has 0 atom stereocenters. The van der Waals surface area contributed by atoms with E-state index in [1.165, 1.54) is 0 Å². The fourth-order valence-electron chi connectivity index (χ4n) is 3.63. The van der Waals surface area contributed by atoms with Crippen LogP contribution in [0.3, 0.4) is 0 Å². The summed E-state index contributed by atoms with van der Waals surface area (Å²) in [5.74, 6) is 0.145. The molecule has 0 spiro atoms. The molecule has 3 N–H and O–H groups in total. The largest absolute Gasteiger partial charge is 0.387 e. The van der Waals surface area contributed by atoms with E-state index in [1.807, 2.05) is 48.2 Å². The summed E-state index contributed by atoms with van der Waals surface area (Å²) in [6.45, 7) is 7.50. The second kappa shape index (κ2) is 10.1. The Morgan fingerprint density at radius 1 is 1.10 bits per heavy atom. The van der Waals surface area contributed by atoms with Crippen molar-refractivity contribution in [2.75, 3.05) is 18.4 Å². The van der Waals surface area contributed by atoms with Crippen molar-refractivity contribution in [3.05, 3.63) is 64.7 Å². The second-order valence-electron chi connectivity index (χ2n) is 7.78. The molecule has 1 aliphatic rings. The zero-order chi connectivity index (χ0) is 22.4. The lowest BCUT2D eigenvalue weighted by Gasteiger charge is -2.22. The standard InChI is InChI=1S/C25H30N4O2/c1-4-12-29(13-5-2)25(31)20-14-18-10-11-19(15-22(18)27-23(26)16-20)24(30)28-21-9-7-6-8-17(21)3/h6-11,14-15H,4-5,12-13,16H2,1-3H3,(H2,26,27)(H,28,30). The Labute approximate surface area is 183 Å². The van der Waals surface area contributed by atoms with Crippen LogP contribution < -0.4 is 11.1 Å². The highest BCUT2D eigenvalue weighted by molar-refractivity contribution is 6.08. The zero-order valence-corrected chi connectivity index (χ0v) is 18.4. The van der Waals surface area contributed by atoms with Crippen molar-refractivity contribution in [3.63, 3.8) is 0 Å². The molecule has 1 aliphatic heterocycles. The number of amides is 2. The van der Waals surface area contributed by atoms with Crippen LogP contribution in [0.5, 0.6) is 0 Å². The van der Waals surface area contributed by atoms with Gasteiger partial charge in [0.2, 0.25) is 5.91 Å². The molecule has 0 radical (unpaired) electrons. The molecule has 0 aliphatic carbocycles. The molecule has 0 unspecified atom stereocenters. The Kier molecular flexibility index (Phi) is 7.23. The molecule has 1 heterocycles. The van der Waals surface area contributed by atoms with E-state index < -0.39 is 0 Å². The Hall–Kier alpha value is -3.41. The van der Waals surface area contributed by atoms with Crippen LogP contribution in [0.2, 0.25) is 0 Å². The number of carbonyl (C=O) groups is 2. The number of para-hydroxylation sites is 1. The highest BCUT2D eigenvalue weighted by Gasteiger charge is 2.21. The molecule has 0 saturated carbocycles. The number of anilines is 1. The summed E-state index contributed by atoms with van der Waals surface area (Å²) < 4.78 is 0. The molecule has 0 bridgehead atoms. The van der Waals surface area contributed by atoms with E-state index in [1.54, 1.807) is 12.1 Å². The van der Waals surface area contributed by atoms with Crippen molar-refractivity contribution in [2.45, 2.75) is 40.0 Å². The molecule has 0 aromatic heterocycles. The van der Waals surface area contributed by atoms with E-state index in [0.29, 0.717) is 42.2 Å². The summed E-state index contributed by atoms with van der Waals surface area (Å²) in [6, 6.07) is 12.9. The summed E-state index contributed by atoms with van der Waals surface area (Å²) >= 11 is 0. The van der Waals surface area contributed by atoms with Gasteiger partial charge in [-0.05, 0) is 49.6 Å². The minimum absolute atomic E-state index is 0.00364. The molecule has 31 heavy (non-hydrogen) atoms. The van der Waals surface area contributed by atoms with Crippen molar-refractivity contribution in [2.24, 2.45) is 10.7 Å². The second-order valence-corrected chi connectivity index (χ2v) is 7.78. The van der Waals surface area contributed by atoms with Crippen LogP contribution in [0.4, 0.5) is 11.4 Å². The van der Waals surface area contributed by atoms with Crippen LogP contribution in [0.1, 0.15) is 54.6 Å². The van der Waals surface area contributed by atoms with E-state index in [2.05, 4.69) is 24.2 Å². The average molecular weight is 419 g/mol. The normalized spacial score (nSPS) is 12.9. The minimum atomic E-state index is -0.215. The summed E-state index contributed by atoms with van der Waals surface area (Å²) in [6.07, 6.45) is 3.95. The quantitative estimate of drug-likeness (QED) is 0.685. The third kappa shape index (κ3) is 5.40. The number of hydrogen-bond acceptors (Lipinski definition) is 4. The van der Waals surface area contributed by atoms with Gasteiger partial charge in [-0.25, -0.2) is 4.99 Å². The van der Waals surface area contributed by atoms with Gasteiger partial charge in [0.05, 0.1) is 5.69 Å². The third-order valence-electron chi connectivity index (χ3n) is 5.20. The maximum absolute atomic E-state index is 13.1. The average Bonchev–Trinajstić information content (AvgIpc) is 2.92. The van der Waals surface area contributed by atoms with Crippen LogP contribution in [0.15, 0.2) is 53.0 Å². The van der Waals surface area contributed by atoms with E-state index in [4.69, 9.17) is 5.73 Å². The summed E-state index contributed by atoms with van der Waals surface area (Å²) in [5.41, 5.74) is 10.4. The Balaban J connectivity index is 1.88. The topological polar surface area (TPSA) is 87.8 Å². The number of nitrogens with two attached hydrogens (primary N) is 1. The monoisotopic (exact) mass is 418 g/mol. The maximum atomic E-state index is 13.1. The van der Waals surface area contributed by atoms with E-state index in [0.717, 1.165) is 29.7 Å². The smallest absolute Gasteiger partial charge is 0.255 e. The van der Waals surface area contributed by atoms with E-state index in [9.17, 15) is 9.59 Å². The molecule has 6 heteroatoms. The lowest BCUT2D eigenvalue weighted by molar-refractivity contribution is -0.127. The van der Waals surface area contributed by atoms with Gasteiger partial charge in [-0.2, -0.15) is 0 Å². The predicted octanol–water partition coefficient (Wildman–Crippen LogP) is 4.67. The molecule has 2 amide bonds. The molecular weight excluding hydrogens is 388 g/mol. The number of nitrogens with one attached hydrogen (secondary N) is 1. The number of fused-ring (bicyclic) bond motifs is 1. The van der Waals surface area contributed by atoms with Crippen molar-refractivity contribution in [3.8, 4) is 0 Å². The molecule has 3 rings (SSSR count). The van der Waals surface area contributed by atoms with Gasteiger partial charge in [-0.3, -0.25) is 9.59 Å². The number of nitrogens with zero attached hydrogens (tertiary/aromatic N) is 2. The number of aryl methyl sites for hydroxylation is 1. The van der Waals surface area contributed by atoms with Crippen molar-refractivity contribution in [1.29, 1.82) is 0 Å². The fourth-order valence-corrected chi connectivity index (χ4v) is 3.63. The summed E-state index contributed by atoms with van der Waals surface area (Å²) in [5, 5.41) is 2.94. The first-order chi connectivity index (χ1) is 14.9. The molecule has 2 aromatic rings. The van der Waals surface area contributed by atoms with Crippen LogP contribution >= 0.6 is 0 Å². The van der Waals surface area contributed by atoms with Gasteiger partial charge in [-0.1, -0.05) is 38.1 Å². The Morgan fingerprint density at radius 3 is 2.48 bits per heavy atom. The van der Waals surface area contributed by atoms with Gasteiger partial charge in [0.25, 0.3) is 5.91 Å². The van der Waals surface area contributed by atoms with Crippen LogP contribution in [-0.2, 0) is 4.79 Å². The highest BCUT2D eigenvalue weighted by atomic mass is 16.2. The highest BCUT2D eigenvalue weighted by Crippen LogP contribution is 2.29. The van der Waals surface area contributed by atoms with Crippen molar-refractivity contribution >= 4 is 35.1 Å². The van der Waals surface area contributed by atoms with E-state index >= 15 is 0 Å². The van der Waals surface area contributed by atoms with Gasteiger partial charge < -0.3 is 16.0 Å². The molecule has 0 fully saturated rings. The Bertz CT molecular complexity index is 1030. The molecule has 162 valence electrons. The SMILES string of the molecule is CCCN(CCC)C(=O)C1=Cc2ccc(C(=O)Nc3ccccc3C)cc2N=C(N)C1. The number of aliphatic imine (C=N–C) groups is 1. The van der Waals surface area contributed by atoms with Crippen LogP contribution in [-0.4, -0.2) is 35.6 Å². The first-order valence-electron chi connectivity index (χ1n) is 10.8. The zero-order valence-electron chi connectivity index (χ0n) is 18.4. The number of hydrogen-bond donors (Lipinski definition) is 2. The lowest BCUT2D eigenvalue weighted by Crippen LogP contribution is -2.34. The summed E-state index contributed by atoms with van der Waals surface area (Å²) in [7, 11) is 0. The predicted molar refractivity (Wildman–Crippen MR) is 127 cm³/mol. The fraction of sp³-hybridized carbons (Fsp3) is 0.320. The third-order valence-corrected chi connectivity index (χ3v) is 5.20. The van der Waals surface area contributed by atoms with Crippen molar-refractivity contribution < 1.29 is 9.59 Å². The molecule has 6 nitrogen and oxygen atoms in total. The van der Waals surface area contributed by atoms with Gasteiger partial charge >= 0.3 is 0 Å². The number of benzene rings is 2. The van der Waals surface area contributed by atoms with Gasteiger partial charge in [0.1, 0.15) is 5.84 Å². The lowest BCUT2D eigenvalue weighted by atomic mass is 10.0. The van der Waals surface area contributed by atoms with Gasteiger partial charge in [0, 0.05) is 41.9 Å². The summed E-state index contributed by atoms with van der Waals surface area (Å²) in [4.78, 5) is 32.2. The van der Waals surface area contributed by atoms with Crippen LogP contribution in [0.25, 0.3) is 6.08 Å². The van der Waals surface area contributed by atoms with Gasteiger partial charge in [-0.15, -0.1) is 0 Å². The molecule has 2 aromatic carbocycles. The number of rotatable bonds is 7. The molecule has 0 saturated heterocycles. The van der Waals surface area contributed by atoms with Crippen molar-refractivity contribution in [1.82, 2.24) is 4.90 Å². The first-order valence-corrected chi connectivity index (χ1v) is 10.8. The first kappa shape index (κ1) is 22.3. The number of amidine groups is 1. The number of carbonyl (C=O) groups excluding carboxylic acids is 2. The Morgan fingerprint density at radius 2 is 1.81 bits per heavy atom. The molecular formula is C25H30N4O2. The van der Waals surface area contributed by atoms with E-state index in [-0.39, 0.29) is 11.8 Å². The van der Waals surface area contributed by atoms with Gasteiger partial charge in [0.15, 0.2) is 0 Å².